The van der Waals surface area contributed by atoms with Crippen LogP contribution in [0, 0.1) is 0 Å². The molecule has 0 saturated heterocycles. The van der Waals surface area contributed by atoms with E-state index < -0.39 is 0 Å². The predicted octanol–water partition coefficient (Wildman–Crippen LogP) is 3.83. The van der Waals surface area contributed by atoms with Crippen molar-refractivity contribution in [3.63, 3.8) is 0 Å². The van der Waals surface area contributed by atoms with E-state index in [4.69, 9.17) is 12.2 Å². The highest BCUT2D eigenvalue weighted by atomic mass is 32.1. The molecule has 4 heteroatoms. The Balaban J connectivity index is 1.78. The number of nitrogens with one attached hydrogen (secondary N) is 2. The van der Waals surface area contributed by atoms with Gasteiger partial charge in [-0.2, -0.15) is 0 Å². The largest absolute Gasteiger partial charge is 0.369 e. The molecule has 0 heterocycles. The minimum absolute atomic E-state index is 0.212. The number of hydrogen-bond donors (Lipinski definition) is 2. The average Bonchev–Trinajstić information content (AvgIpc) is 2.44. The van der Waals surface area contributed by atoms with Gasteiger partial charge in [0.25, 0.3) is 5.91 Å². The summed E-state index contributed by atoms with van der Waals surface area (Å²) in [6.45, 7) is 2.21. The van der Waals surface area contributed by atoms with Gasteiger partial charge in [-0.05, 0) is 49.8 Å². The van der Waals surface area contributed by atoms with Crippen LogP contribution in [-0.2, 0) is 11.2 Å². The van der Waals surface area contributed by atoms with E-state index in [1.807, 2.05) is 12.1 Å². The van der Waals surface area contributed by atoms with Crippen molar-refractivity contribution < 1.29 is 4.79 Å². The minimum Gasteiger partial charge on any atom is -0.369 e. The number of amides is 1. The molecule has 1 amide bonds. The van der Waals surface area contributed by atoms with Crippen molar-refractivity contribution in [2.24, 2.45) is 0 Å². The van der Waals surface area contributed by atoms with Crippen molar-refractivity contribution in [2.45, 2.75) is 57.9 Å². The molecule has 1 saturated carbocycles. The van der Waals surface area contributed by atoms with E-state index in [2.05, 4.69) is 29.7 Å². The van der Waals surface area contributed by atoms with Crippen LogP contribution in [0.4, 0.5) is 5.69 Å². The molecule has 1 aliphatic carbocycles. The Hall–Kier alpha value is -1.42. The van der Waals surface area contributed by atoms with Crippen LogP contribution in [0.25, 0.3) is 0 Å². The Morgan fingerprint density at radius 2 is 1.95 bits per heavy atom. The van der Waals surface area contributed by atoms with E-state index in [9.17, 15) is 4.79 Å². The van der Waals surface area contributed by atoms with Gasteiger partial charge in [0.1, 0.15) is 0 Å². The van der Waals surface area contributed by atoms with E-state index >= 15 is 0 Å². The number of thiocarbonyl (C=S) groups is 1. The first-order valence-electron chi connectivity index (χ1n) is 7.90. The maximum Gasteiger partial charge on any atom is 0.283 e. The lowest BCUT2D eigenvalue weighted by atomic mass is 9.93. The van der Waals surface area contributed by atoms with Gasteiger partial charge in [0.05, 0.1) is 0 Å². The summed E-state index contributed by atoms with van der Waals surface area (Å²) in [6.07, 6.45) is 8.27. The van der Waals surface area contributed by atoms with Crippen LogP contribution in [0.15, 0.2) is 24.3 Å². The zero-order valence-electron chi connectivity index (χ0n) is 12.7. The van der Waals surface area contributed by atoms with Crippen molar-refractivity contribution in [2.75, 3.05) is 5.32 Å². The Morgan fingerprint density at radius 1 is 1.24 bits per heavy atom. The predicted molar refractivity (Wildman–Crippen MR) is 91.7 cm³/mol. The maximum absolute atomic E-state index is 12.0. The summed E-state index contributed by atoms with van der Waals surface area (Å²) < 4.78 is 0. The summed E-state index contributed by atoms with van der Waals surface area (Å²) in [7, 11) is 0. The van der Waals surface area contributed by atoms with Gasteiger partial charge in [0.2, 0.25) is 0 Å². The normalized spacial score (nSPS) is 14.3. The first-order valence-corrected chi connectivity index (χ1v) is 8.30. The van der Waals surface area contributed by atoms with Crippen LogP contribution < -0.4 is 10.6 Å². The second kappa shape index (κ2) is 8.13. The van der Waals surface area contributed by atoms with Gasteiger partial charge < -0.3 is 10.6 Å². The zero-order chi connectivity index (χ0) is 15.1. The summed E-state index contributed by atoms with van der Waals surface area (Å²) in [5.74, 6) is -0.212. The molecule has 2 N–H and O–H groups in total. The van der Waals surface area contributed by atoms with Crippen LogP contribution in [0.5, 0.6) is 0 Å². The topological polar surface area (TPSA) is 41.1 Å². The fourth-order valence-corrected chi connectivity index (χ4v) is 2.54. The van der Waals surface area contributed by atoms with Crippen LogP contribution >= 0.6 is 12.2 Å². The monoisotopic (exact) mass is 304 g/mol. The van der Waals surface area contributed by atoms with E-state index in [0.717, 1.165) is 24.9 Å². The highest BCUT2D eigenvalue weighted by Gasteiger charge is 2.20. The first kappa shape index (κ1) is 16.0. The van der Waals surface area contributed by atoms with Crippen molar-refractivity contribution in [3.05, 3.63) is 29.8 Å². The Bertz CT molecular complexity index is 480. The lowest BCUT2D eigenvalue weighted by Gasteiger charge is -2.27. The first-order chi connectivity index (χ1) is 10.2. The Kier molecular flexibility index (Phi) is 6.18. The number of rotatable bonds is 6. The molecule has 1 aromatic carbocycles. The molecular formula is C17H24N2OS. The summed E-state index contributed by atoms with van der Waals surface area (Å²) in [4.78, 5) is 12.3. The number of aryl methyl sites for hydroxylation is 1. The molecule has 0 unspecified atom stereocenters. The maximum atomic E-state index is 12.0. The zero-order valence-corrected chi connectivity index (χ0v) is 13.5. The molecule has 0 radical (unpaired) electrons. The number of benzene rings is 1. The van der Waals surface area contributed by atoms with E-state index in [1.165, 1.54) is 31.2 Å². The lowest BCUT2D eigenvalue weighted by molar-refractivity contribution is -0.110. The Morgan fingerprint density at radius 3 is 2.52 bits per heavy atom. The Labute approximate surface area is 132 Å². The quantitative estimate of drug-likeness (QED) is 0.620. The number of carbonyl (C=O) groups excluding carboxylic acids is 1. The molecule has 114 valence electrons. The van der Waals surface area contributed by atoms with E-state index in [1.54, 1.807) is 0 Å². The number of carbonyl (C=O) groups is 1. The third kappa shape index (κ3) is 5.12. The lowest BCUT2D eigenvalue weighted by Crippen LogP contribution is -2.43. The number of hydrogen-bond acceptors (Lipinski definition) is 2. The molecule has 1 aromatic rings. The molecule has 2 rings (SSSR count). The second-order valence-electron chi connectivity index (χ2n) is 5.71. The summed E-state index contributed by atoms with van der Waals surface area (Å²) in [6, 6.07) is 8.45. The molecule has 0 bridgehead atoms. The van der Waals surface area contributed by atoms with Gasteiger partial charge in [-0.1, -0.05) is 44.1 Å². The third-order valence-electron chi connectivity index (χ3n) is 3.93. The van der Waals surface area contributed by atoms with Crippen LogP contribution in [0.1, 0.15) is 51.0 Å². The van der Waals surface area contributed by atoms with Crippen molar-refractivity contribution in [1.82, 2.24) is 5.32 Å². The third-order valence-corrected chi connectivity index (χ3v) is 4.23. The second-order valence-corrected chi connectivity index (χ2v) is 6.12. The van der Waals surface area contributed by atoms with Crippen molar-refractivity contribution in [3.8, 4) is 0 Å². The average molecular weight is 304 g/mol. The molecule has 3 nitrogen and oxygen atoms in total. The molecule has 0 spiro atoms. The molecule has 0 aromatic heterocycles. The SMILES string of the molecule is CCCCCc1ccc(NC(=O)C(=S)NC2CCC2)cc1. The van der Waals surface area contributed by atoms with Crippen LogP contribution in [0.3, 0.4) is 0 Å². The van der Waals surface area contributed by atoms with E-state index in [0.29, 0.717) is 11.0 Å². The van der Waals surface area contributed by atoms with E-state index in [-0.39, 0.29) is 5.91 Å². The molecule has 21 heavy (non-hydrogen) atoms. The molecular weight excluding hydrogens is 280 g/mol. The van der Waals surface area contributed by atoms with Gasteiger partial charge in [-0.15, -0.1) is 0 Å². The van der Waals surface area contributed by atoms with Crippen LogP contribution in [-0.4, -0.2) is 16.9 Å². The van der Waals surface area contributed by atoms with Crippen molar-refractivity contribution in [1.29, 1.82) is 0 Å². The molecule has 0 atom stereocenters. The van der Waals surface area contributed by atoms with Crippen molar-refractivity contribution >= 4 is 28.8 Å². The minimum atomic E-state index is -0.212. The van der Waals surface area contributed by atoms with Crippen LogP contribution in [0.2, 0.25) is 0 Å². The number of anilines is 1. The van der Waals surface area contributed by atoms with Gasteiger partial charge in [-0.25, -0.2) is 0 Å². The van der Waals surface area contributed by atoms with Gasteiger partial charge in [0, 0.05) is 11.7 Å². The molecule has 1 aliphatic rings. The van der Waals surface area contributed by atoms with Gasteiger partial charge in [0.15, 0.2) is 4.99 Å². The summed E-state index contributed by atoms with van der Waals surface area (Å²) in [5.41, 5.74) is 2.12. The summed E-state index contributed by atoms with van der Waals surface area (Å²) in [5, 5.41) is 5.95. The number of unbranched alkanes of at least 4 members (excludes halogenated alkanes) is 2. The fourth-order valence-electron chi connectivity index (χ4n) is 2.33. The van der Waals surface area contributed by atoms with Gasteiger partial charge in [-0.3, -0.25) is 4.79 Å². The standard InChI is InChI=1S/C17H24N2OS/c1-2-3-4-6-13-9-11-15(12-10-13)18-16(20)17(21)19-14-7-5-8-14/h9-12,14H,2-8H2,1H3,(H,18,20)(H,19,21). The molecule has 0 aliphatic heterocycles. The molecule has 1 fully saturated rings. The fraction of sp³-hybridized carbons (Fsp3) is 0.529. The highest BCUT2D eigenvalue weighted by molar-refractivity contribution is 7.82. The smallest absolute Gasteiger partial charge is 0.283 e. The summed E-state index contributed by atoms with van der Waals surface area (Å²) >= 11 is 5.13. The highest BCUT2D eigenvalue weighted by Crippen LogP contribution is 2.18. The van der Waals surface area contributed by atoms with Gasteiger partial charge >= 0.3 is 0 Å².